The number of amides is 4. The number of halogens is 1. The highest BCUT2D eigenvalue weighted by Gasteiger charge is 2.21. The highest BCUT2D eigenvalue weighted by molar-refractivity contribution is 6.30. The van der Waals surface area contributed by atoms with Gasteiger partial charge in [0.1, 0.15) is 0 Å². The number of carbonyl (C=O) groups is 2. The van der Waals surface area contributed by atoms with E-state index in [9.17, 15) is 9.59 Å². The van der Waals surface area contributed by atoms with Crippen molar-refractivity contribution in [1.82, 2.24) is 5.32 Å². The first-order chi connectivity index (χ1) is 7.47. The smallest absolute Gasteiger partial charge is 0.329 e. The SMILES string of the molecule is CNC(=O)N(C(N)=O)c1ccc(Cl)cc1C. The van der Waals surface area contributed by atoms with Gasteiger partial charge in [-0.1, -0.05) is 11.6 Å². The molecule has 6 heteroatoms. The van der Waals surface area contributed by atoms with E-state index in [4.69, 9.17) is 17.3 Å². The molecule has 1 aromatic carbocycles. The van der Waals surface area contributed by atoms with Gasteiger partial charge in [-0.15, -0.1) is 0 Å². The van der Waals surface area contributed by atoms with E-state index >= 15 is 0 Å². The molecule has 0 heterocycles. The molecule has 0 saturated heterocycles. The maximum absolute atomic E-state index is 11.5. The van der Waals surface area contributed by atoms with Crippen LogP contribution in [0.1, 0.15) is 5.56 Å². The number of nitrogens with one attached hydrogen (secondary N) is 1. The fourth-order valence-corrected chi connectivity index (χ4v) is 1.54. The summed E-state index contributed by atoms with van der Waals surface area (Å²) in [6.45, 7) is 1.74. The van der Waals surface area contributed by atoms with Crippen LogP contribution in [0.15, 0.2) is 18.2 Å². The molecule has 1 aromatic rings. The normalized spacial score (nSPS) is 9.69. The van der Waals surface area contributed by atoms with Crippen LogP contribution in [0.25, 0.3) is 0 Å². The van der Waals surface area contributed by atoms with Gasteiger partial charge in [0.05, 0.1) is 5.69 Å². The van der Waals surface area contributed by atoms with Gasteiger partial charge in [0.25, 0.3) is 0 Å². The van der Waals surface area contributed by atoms with Crippen LogP contribution in [-0.4, -0.2) is 19.1 Å². The van der Waals surface area contributed by atoms with Crippen LogP contribution < -0.4 is 16.0 Å². The second-order valence-corrected chi connectivity index (χ2v) is 3.60. The van der Waals surface area contributed by atoms with Crippen molar-refractivity contribution in [2.75, 3.05) is 11.9 Å². The lowest BCUT2D eigenvalue weighted by atomic mass is 10.2. The predicted octanol–water partition coefficient (Wildman–Crippen LogP) is 1.87. The molecule has 0 unspecified atom stereocenters. The van der Waals surface area contributed by atoms with Crippen LogP contribution in [-0.2, 0) is 0 Å². The zero-order valence-electron chi connectivity index (χ0n) is 8.95. The summed E-state index contributed by atoms with van der Waals surface area (Å²) in [5.41, 5.74) is 6.25. The van der Waals surface area contributed by atoms with Gasteiger partial charge in [0, 0.05) is 12.1 Å². The Balaban J connectivity index is 3.21. The molecule has 3 N–H and O–H groups in total. The number of nitrogens with two attached hydrogens (primary N) is 1. The van der Waals surface area contributed by atoms with Crippen molar-refractivity contribution < 1.29 is 9.59 Å². The average Bonchev–Trinajstić information content (AvgIpc) is 2.21. The van der Waals surface area contributed by atoms with Crippen molar-refractivity contribution in [3.05, 3.63) is 28.8 Å². The lowest BCUT2D eigenvalue weighted by Gasteiger charge is -2.19. The minimum atomic E-state index is -0.843. The first-order valence-electron chi connectivity index (χ1n) is 4.54. The second kappa shape index (κ2) is 4.85. The van der Waals surface area contributed by atoms with Crippen molar-refractivity contribution >= 4 is 29.4 Å². The molecule has 1 rings (SSSR count). The van der Waals surface area contributed by atoms with E-state index in [0.717, 1.165) is 4.90 Å². The van der Waals surface area contributed by atoms with Crippen LogP contribution in [0, 0.1) is 6.92 Å². The molecule has 4 amide bonds. The first kappa shape index (κ1) is 12.3. The van der Waals surface area contributed by atoms with E-state index in [1.807, 2.05) is 0 Å². The largest absolute Gasteiger partial charge is 0.351 e. The van der Waals surface area contributed by atoms with Gasteiger partial charge in [0.2, 0.25) is 0 Å². The Hall–Kier alpha value is -1.75. The summed E-state index contributed by atoms with van der Waals surface area (Å²) >= 11 is 5.78. The van der Waals surface area contributed by atoms with Crippen LogP contribution >= 0.6 is 11.6 Å². The zero-order chi connectivity index (χ0) is 12.3. The quantitative estimate of drug-likeness (QED) is 0.788. The van der Waals surface area contributed by atoms with Crippen molar-refractivity contribution in [2.45, 2.75) is 6.92 Å². The number of primary amides is 1. The molecule has 0 aliphatic carbocycles. The number of hydrogen-bond acceptors (Lipinski definition) is 2. The van der Waals surface area contributed by atoms with Gasteiger partial charge in [0.15, 0.2) is 0 Å². The van der Waals surface area contributed by atoms with E-state index in [1.165, 1.54) is 7.05 Å². The fraction of sp³-hybridized carbons (Fsp3) is 0.200. The van der Waals surface area contributed by atoms with Crippen LogP contribution in [0.5, 0.6) is 0 Å². The van der Waals surface area contributed by atoms with Crippen molar-refractivity contribution in [3.8, 4) is 0 Å². The lowest BCUT2D eigenvalue weighted by Crippen LogP contribution is -2.45. The maximum atomic E-state index is 11.5. The Bertz CT molecular complexity index is 434. The Morgan fingerprint density at radius 1 is 1.44 bits per heavy atom. The number of carbonyl (C=O) groups excluding carboxylic acids is 2. The molecule has 16 heavy (non-hydrogen) atoms. The summed E-state index contributed by atoms with van der Waals surface area (Å²) in [5.74, 6) is 0. The summed E-state index contributed by atoms with van der Waals surface area (Å²) < 4.78 is 0. The molecule has 0 aromatic heterocycles. The van der Waals surface area contributed by atoms with E-state index in [1.54, 1.807) is 25.1 Å². The van der Waals surface area contributed by atoms with E-state index in [-0.39, 0.29) is 0 Å². The summed E-state index contributed by atoms with van der Waals surface area (Å²) in [6, 6.07) is 3.37. The van der Waals surface area contributed by atoms with Gasteiger partial charge in [-0.3, -0.25) is 0 Å². The Kier molecular flexibility index (Phi) is 3.73. The van der Waals surface area contributed by atoms with Crippen molar-refractivity contribution in [1.29, 1.82) is 0 Å². The minimum Gasteiger partial charge on any atom is -0.351 e. The van der Waals surface area contributed by atoms with Gasteiger partial charge in [-0.2, -0.15) is 0 Å². The summed E-state index contributed by atoms with van der Waals surface area (Å²) in [6.07, 6.45) is 0. The maximum Gasteiger partial charge on any atom is 0.329 e. The van der Waals surface area contributed by atoms with E-state index < -0.39 is 12.1 Å². The van der Waals surface area contributed by atoms with Crippen LogP contribution in [0.4, 0.5) is 15.3 Å². The van der Waals surface area contributed by atoms with Gasteiger partial charge in [-0.25, -0.2) is 14.5 Å². The third-order valence-corrected chi connectivity index (χ3v) is 2.27. The van der Waals surface area contributed by atoms with Gasteiger partial charge in [-0.05, 0) is 30.7 Å². The number of hydrogen-bond donors (Lipinski definition) is 2. The minimum absolute atomic E-state index is 0.413. The predicted molar refractivity (Wildman–Crippen MR) is 62.7 cm³/mol. The Morgan fingerprint density at radius 3 is 2.50 bits per heavy atom. The third-order valence-electron chi connectivity index (χ3n) is 2.04. The highest BCUT2D eigenvalue weighted by Crippen LogP contribution is 2.23. The third kappa shape index (κ3) is 2.43. The molecular weight excluding hydrogens is 230 g/mol. The number of nitrogens with zero attached hydrogens (tertiary/aromatic N) is 1. The number of imide groups is 1. The highest BCUT2D eigenvalue weighted by atomic mass is 35.5. The van der Waals surface area contributed by atoms with Crippen LogP contribution in [0.2, 0.25) is 5.02 Å². The standard InChI is InChI=1S/C10H12ClN3O2/c1-6-5-7(11)3-4-8(6)14(9(12)15)10(16)13-2/h3-5H,1-2H3,(H2,12,15)(H,13,16). The molecule has 0 radical (unpaired) electrons. The summed E-state index contributed by atoms with van der Waals surface area (Å²) in [4.78, 5) is 23.5. The van der Waals surface area contributed by atoms with E-state index in [2.05, 4.69) is 5.32 Å². The molecule has 86 valence electrons. The Morgan fingerprint density at radius 2 is 2.06 bits per heavy atom. The molecular formula is C10H12ClN3O2. The number of anilines is 1. The molecule has 0 fully saturated rings. The molecule has 0 spiro atoms. The van der Waals surface area contributed by atoms with Crippen LogP contribution in [0.3, 0.4) is 0 Å². The summed E-state index contributed by atoms with van der Waals surface area (Å²) in [5, 5.41) is 2.87. The number of benzene rings is 1. The molecule has 0 aliphatic rings. The molecule has 5 nitrogen and oxygen atoms in total. The van der Waals surface area contributed by atoms with E-state index in [0.29, 0.717) is 16.3 Å². The average molecular weight is 242 g/mol. The Labute approximate surface area is 98.2 Å². The number of urea groups is 2. The lowest BCUT2D eigenvalue weighted by molar-refractivity contribution is 0.239. The molecule has 0 saturated carbocycles. The molecule has 0 bridgehead atoms. The second-order valence-electron chi connectivity index (χ2n) is 3.16. The monoisotopic (exact) mass is 241 g/mol. The van der Waals surface area contributed by atoms with Crippen molar-refractivity contribution in [3.63, 3.8) is 0 Å². The first-order valence-corrected chi connectivity index (χ1v) is 4.92. The zero-order valence-corrected chi connectivity index (χ0v) is 9.71. The number of rotatable bonds is 1. The topological polar surface area (TPSA) is 75.4 Å². The fourth-order valence-electron chi connectivity index (χ4n) is 1.31. The molecule has 0 aliphatic heterocycles. The number of aryl methyl sites for hydroxylation is 1. The van der Waals surface area contributed by atoms with Gasteiger partial charge < -0.3 is 11.1 Å². The molecule has 0 atom stereocenters. The summed E-state index contributed by atoms with van der Waals surface area (Å²) in [7, 11) is 1.42. The van der Waals surface area contributed by atoms with Crippen molar-refractivity contribution in [2.24, 2.45) is 5.73 Å². The van der Waals surface area contributed by atoms with Gasteiger partial charge >= 0.3 is 12.1 Å².